The average Bonchev–Trinajstić information content (AvgIpc) is 2.68. The summed E-state index contributed by atoms with van der Waals surface area (Å²) in [6.45, 7) is 0. The summed E-state index contributed by atoms with van der Waals surface area (Å²) in [7, 11) is 0. The molecule has 27 heavy (non-hydrogen) atoms. The molecule has 0 radical (unpaired) electrons. The lowest BCUT2D eigenvalue weighted by Gasteiger charge is -2.16. The number of urea groups is 1. The first-order valence-corrected chi connectivity index (χ1v) is 8.40. The van der Waals surface area contributed by atoms with Crippen molar-refractivity contribution in [3.8, 4) is 17.2 Å². The third-order valence-corrected chi connectivity index (χ3v) is 3.95. The number of aromatic hydroxyl groups is 1. The van der Waals surface area contributed by atoms with Crippen LogP contribution in [0.5, 0.6) is 17.2 Å². The van der Waals surface area contributed by atoms with E-state index in [9.17, 15) is 14.7 Å². The van der Waals surface area contributed by atoms with Crippen LogP contribution in [-0.2, 0) is 0 Å². The van der Waals surface area contributed by atoms with Gasteiger partial charge in [0.2, 0.25) is 0 Å². The zero-order valence-electron chi connectivity index (χ0n) is 14.1. The number of imide groups is 1. The Morgan fingerprint density at radius 3 is 2.30 bits per heavy atom. The van der Waals surface area contributed by atoms with Crippen molar-refractivity contribution in [2.24, 2.45) is 0 Å². The number of thiol groups is 1. The molecule has 0 unspecified atom stereocenters. The lowest BCUT2D eigenvalue weighted by atomic mass is 10.2. The van der Waals surface area contributed by atoms with Crippen LogP contribution in [0.25, 0.3) is 0 Å². The number of hydrogen-bond donors (Lipinski definition) is 3. The molecule has 136 valence electrons. The zero-order chi connectivity index (χ0) is 19.2. The summed E-state index contributed by atoms with van der Waals surface area (Å²) < 4.78 is 6.31. The number of carbonyl (C=O) groups excluding carboxylic acids is 2. The molecule has 3 amide bonds. The third kappa shape index (κ3) is 4.59. The molecule has 0 heterocycles. The number of nitrogens with zero attached hydrogens (tertiary/aromatic N) is 1. The Labute approximate surface area is 161 Å². The summed E-state index contributed by atoms with van der Waals surface area (Å²) in [4.78, 5) is 24.6. The zero-order valence-corrected chi connectivity index (χ0v) is 15.0. The van der Waals surface area contributed by atoms with E-state index in [-0.39, 0.29) is 11.3 Å². The number of amides is 3. The molecule has 0 aliphatic heterocycles. The van der Waals surface area contributed by atoms with Gasteiger partial charge in [-0.1, -0.05) is 49.2 Å². The Kier molecular flexibility index (Phi) is 5.63. The number of nitrogens with one attached hydrogen (secondary N) is 1. The maximum Gasteiger partial charge on any atom is 0.338 e. The van der Waals surface area contributed by atoms with Crippen molar-refractivity contribution in [1.29, 1.82) is 0 Å². The van der Waals surface area contributed by atoms with Crippen molar-refractivity contribution in [2.75, 3.05) is 5.32 Å². The maximum atomic E-state index is 12.3. The van der Waals surface area contributed by atoms with Gasteiger partial charge in [0.25, 0.3) is 5.91 Å². The minimum Gasteiger partial charge on any atom is -0.507 e. The molecule has 6 nitrogen and oxygen atoms in total. The van der Waals surface area contributed by atoms with E-state index in [4.69, 9.17) is 4.74 Å². The predicted molar refractivity (Wildman–Crippen MR) is 105 cm³/mol. The van der Waals surface area contributed by atoms with Crippen LogP contribution in [0.2, 0.25) is 0 Å². The van der Waals surface area contributed by atoms with Crippen LogP contribution in [0.15, 0.2) is 78.9 Å². The Morgan fingerprint density at radius 2 is 1.56 bits per heavy atom. The summed E-state index contributed by atoms with van der Waals surface area (Å²) in [5, 5.41) is 12.3. The quantitative estimate of drug-likeness (QED) is 0.573. The van der Waals surface area contributed by atoms with Crippen LogP contribution in [0.3, 0.4) is 0 Å². The smallest absolute Gasteiger partial charge is 0.338 e. The Morgan fingerprint density at radius 1 is 0.889 bits per heavy atom. The summed E-state index contributed by atoms with van der Waals surface area (Å²) in [6, 6.07) is 21.1. The monoisotopic (exact) mass is 380 g/mol. The van der Waals surface area contributed by atoms with Gasteiger partial charge >= 0.3 is 6.03 Å². The second kappa shape index (κ2) is 8.29. The number of rotatable bonds is 4. The van der Waals surface area contributed by atoms with Crippen molar-refractivity contribution in [3.63, 3.8) is 0 Å². The minimum absolute atomic E-state index is 0.0242. The number of ether oxygens (including phenoxy) is 1. The minimum atomic E-state index is -0.761. The van der Waals surface area contributed by atoms with Gasteiger partial charge in [-0.3, -0.25) is 4.79 Å². The third-order valence-electron chi connectivity index (χ3n) is 3.58. The molecular formula is C20H16N2O4S. The molecule has 2 N–H and O–H groups in total. The molecule has 0 spiro atoms. The van der Waals surface area contributed by atoms with Crippen LogP contribution >= 0.6 is 12.8 Å². The van der Waals surface area contributed by atoms with Gasteiger partial charge in [0.15, 0.2) is 0 Å². The van der Waals surface area contributed by atoms with E-state index in [0.29, 0.717) is 21.5 Å². The van der Waals surface area contributed by atoms with Crippen LogP contribution < -0.4 is 10.1 Å². The Balaban J connectivity index is 1.69. The highest BCUT2D eigenvalue weighted by molar-refractivity contribution is 7.79. The Bertz CT molecular complexity index is 963. The van der Waals surface area contributed by atoms with E-state index in [1.807, 2.05) is 30.3 Å². The number of phenolic OH excluding ortho intramolecular Hbond substituents is 1. The fraction of sp³-hybridized carbons (Fsp3) is 0. The fourth-order valence-electron chi connectivity index (χ4n) is 2.30. The summed E-state index contributed by atoms with van der Waals surface area (Å²) in [6.07, 6.45) is 0. The molecule has 0 aromatic heterocycles. The number of hydrogen-bond acceptors (Lipinski definition) is 5. The first-order chi connectivity index (χ1) is 13.0. The highest BCUT2D eigenvalue weighted by Gasteiger charge is 2.22. The number of benzene rings is 3. The average molecular weight is 380 g/mol. The van der Waals surface area contributed by atoms with Crippen molar-refractivity contribution in [2.45, 2.75) is 0 Å². The summed E-state index contributed by atoms with van der Waals surface area (Å²) in [5.41, 5.74) is 0.404. The van der Waals surface area contributed by atoms with Gasteiger partial charge in [0.05, 0.1) is 5.56 Å². The molecule has 3 aromatic carbocycles. The number of anilines is 1. The normalized spacial score (nSPS) is 10.1. The molecule has 0 atom stereocenters. The van der Waals surface area contributed by atoms with Crippen molar-refractivity contribution >= 4 is 30.4 Å². The van der Waals surface area contributed by atoms with Crippen LogP contribution in [-0.4, -0.2) is 21.4 Å². The standard InChI is InChI=1S/C20H16N2O4S/c23-18-12-5-4-11-17(18)19(24)22(27)20(25)21-14-7-6-10-16(13-14)26-15-8-2-1-3-9-15/h1-13,23,27H,(H,21,25). The highest BCUT2D eigenvalue weighted by Crippen LogP contribution is 2.24. The van der Waals surface area contributed by atoms with Crippen LogP contribution in [0.1, 0.15) is 10.4 Å². The van der Waals surface area contributed by atoms with Gasteiger partial charge in [-0.2, -0.15) is 0 Å². The summed E-state index contributed by atoms with van der Waals surface area (Å²) >= 11 is 3.94. The lowest BCUT2D eigenvalue weighted by molar-refractivity contribution is 0.0899. The predicted octanol–water partition coefficient (Wildman–Crippen LogP) is 4.70. The van der Waals surface area contributed by atoms with Crippen LogP contribution in [0, 0.1) is 0 Å². The van der Waals surface area contributed by atoms with Gasteiger partial charge < -0.3 is 15.2 Å². The molecule has 0 fully saturated rings. The van der Waals surface area contributed by atoms with E-state index >= 15 is 0 Å². The molecule has 7 heteroatoms. The van der Waals surface area contributed by atoms with Crippen molar-refractivity contribution in [1.82, 2.24) is 4.31 Å². The molecular weight excluding hydrogens is 364 g/mol. The molecule has 0 aliphatic rings. The van der Waals surface area contributed by atoms with Gasteiger partial charge in [-0.15, -0.1) is 0 Å². The molecule has 3 rings (SSSR count). The first-order valence-electron chi connectivity index (χ1n) is 8.00. The number of carbonyl (C=O) groups is 2. The molecule has 0 saturated heterocycles. The van der Waals surface area contributed by atoms with Gasteiger partial charge in [-0.25, -0.2) is 9.10 Å². The van der Waals surface area contributed by atoms with E-state index in [1.165, 1.54) is 12.1 Å². The Hall–Kier alpha value is -3.45. The molecule has 0 bridgehead atoms. The lowest BCUT2D eigenvalue weighted by Crippen LogP contribution is -2.32. The molecule has 3 aromatic rings. The van der Waals surface area contributed by atoms with Crippen molar-refractivity contribution < 1.29 is 19.4 Å². The SMILES string of the molecule is O=C(Nc1cccc(Oc2ccccc2)c1)N(S)C(=O)c1ccccc1O. The van der Waals surface area contributed by atoms with Crippen molar-refractivity contribution in [3.05, 3.63) is 84.4 Å². The van der Waals surface area contributed by atoms with E-state index < -0.39 is 11.9 Å². The first kappa shape index (κ1) is 18.3. The second-order valence-electron chi connectivity index (χ2n) is 5.51. The van der Waals surface area contributed by atoms with E-state index in [2.05, 4.69) is 18.1 Å². The molecule has 0 saturated carbocycles. The molecule has 0 aliphatic carbocycles. The van der Waals surface area contributed by atoms with E-state index in [1.54, 1.807) is 36.4 Å². The number of phenols is 1. The number of para-hydroxylation sites is 2. The second-order valence-corrected chi connectivity index (χ2v) is 5.91. The highest BCUT2D eigenvalue weighted by atomic mass is 32.1. The van der Waals surface area contributed by atoms with Gasteiger partial charge in [-0.05, 0) is 36.4 Å². The van der Waals surface area contributed by atoms with E-state index in [0.717, 1.165) is 0 Å². The fourth-order valence-corrected chi connectivity index (χ4v) is 2.46. The van der Waals surface area contributed by atoms with Gasteiger partial charge in [0.1, 0.15) is 17.2 Å². The maximum absolute atomic E-state index is 12.3. The summed E-state index contributed by atoms with van der Waals surface area (Å²) in [5.74, 6) is 0.210. The largest absolute Gasteiger partial charge is 0.507 e. The van der Waals surface area contributed by atoms with Gasteiger partial charge in [0, 0.05) is 11.8 Å². The van der Waals surface area contributed by atoms with Crippen LogP contribution in [0.4, 0.5) is 10.5 Å². The topological polar surface area (TPSA) is 78.9 Å².